The van der Waals surface area contributed by atoms with Crippen LogP contribution in [-0.2, 0) is 0 Å². The zero-order valence-corrected chi connectivity index (χ0v) is 8.93. The molecule has 0 bridgehead atoms. The summed E-state index contributed by atoms with van der Waals surface area (Å²) < 4.78 is 0. The van der Waals surface area contributed by atoms with E-state index in [0.29, 0.717) is 11.7 Å². The minimum atomic E-state index is -0.421. The van der Waals surface area contributed by atoms with Crippen LogP contribution in [0.15, 0.2) is 18.3 Å². The lowest BCUT2D eigenvalue weighted by Gasteiger charge is -2.09. The molecule has 1 heterocycles. The molecule has 82 valence electrons. The van der Waals surface area contributed by atoms with Crippen molar-refractivity contribution in [2.24, 2.45) is 5.92 Å². The van der Waals surface area contributed by atoms with Crippen LogP contribution in [0.1, 0.15) is 20.3 Å². The minimum absolute atomic E-state index is 0.0663. The van der Waals surface area contributed by atoms with Crippen LogP contribution in [0.3, 0.4) is 0 Å². The molecule has 0 saturated heterocycles. The molecule has 0 fully saturated rings. The van der Waals surface area contributed by atoms with Crippen molar-refractivity contribution in [1.29, 1.82) is 0 Å². The van der Waals surface area contributed by atoms with Crippen molar-refractivity contribution in [3.63, 3.8) is 0 Å². The number of pyridine rings is 1. The highest BCUT2D eigenvalue weighted by Crippen LogP contribution is 2.14. The van der Waals surface area contributed by atoms with Gasteiger partial charge in [0.05, 0.1) is 11.0 Å². The third-order valence-corrected chi connectivity index (χ3v) is 2.28. The molecule has 1 aromatic rings. The van der Waals surface area contributed by atoms with Gasteiger partial charge in [-0.05, 0) is 5.92 Å². The van der Waals surface area contributed by atoms with Gasteiger partial charge in [0.2, 0.25) is 0 Å². The first kappa shape index (κ1) is 11.4. The molecular formula is C10H15N3O2. The zero-order valence-electron chi connectivity index (χ0n) is 8.93. The monoisotopic (exact) mass is 209 g/mol. The second-order valence-corrected chi connectivity index (χ2v) is 3.55. The number of hydrogen-bond acceptors (Lipinski definition) is 4. The van der Waals surface area contributed by atoms with Gasteiger partial charge in [0.25, 0.3) is 5.69 Å². The van der Waals surface area contributed by atoms with Gasteiger partial charge in [0.1, 0.15) is 5.82 Å². The number of hydrogen-bond donors (Lipinski definition) is 1. The maximum absolute atomic E-state index is 10.5. The fourth-order valence-electron chi connectivity index (χ4n) is 1.05. The molecule has 0 saturated carbocycles. The maximum atomic E-state index is 10.5. The zero-order chi connectivity index (χ0) is 11.3. The predicted molar refractivity (Wildman–Crippen MR) is 58.8 cm³/mol. The molecule has 0 amide bonds. The van der Waals surface area contributed by atoms with Crippen LogP contribution >= 0.6 is 0 Å². The average molecular weight is 209 g/mol. The Kier molecular flexibility index (Phi) is 4.03. The van der Waals surface area contributed by atoms with Gasteiger partial charge in [-0.2, -0.15) is 0 Å². The Bertz CT molecular complexity index is 341. The smallest absolute Gasteiger partial charge is 0.274 e. The van der Waals surface area contributed by atoms with Gasteiger partial charge < -0.3 is 5.32 Å². The van der Waals surface area contributed by atoms with Crippen LogP contribution in [0.4, 0.5) is 11.5 Å². The Labute approximate surface area is 88.7 Å². The standard InChI is InChI=1S/C10H15N3O2/c1-3-8(2)7-12-10-6-9(13(14)15)4-5-11-10/h4-6,8H,3,7H2,1-2H3,(H,11,12). The van der Waals surface area contributed by atoms with Gasteiger partial charge in [-0.3, -0.25) is 10.1 Å². The van der Waals surface area contributed by atoms with Crippen LogP contribution in [0.5, 0.6) is 0 Å². The third kappa shape index (κ3) is 3.53. The highest BCUT2D eigenvalue weighted by Gasteiger charge is 2.06. The van der Waals surface area contributed by atoms with Crippen molar-refractivity contribution in [3.8, 4) is 0 Å². The molecule has 0 aliphatic rings. The van der Waals surface area contributed by atoms with Gasteiger partial charge in [-0.1, -0.05) is 20.3 Å². The molecule has 15 heavy (non-hydrogen) atoms. The topological polar surface area (TPSA) is 68.1 Å². The first-order valence-electron chi connectivity index (χ1n) is 4.97. The number of aromatic nitrogens is 1. The number of anilines is 1. The molecule has 0 aliphatic carbocycles. The summed E-state index contributed by atoms with van der Waals surface area (Å²) in [6.45, 7) is 5.00. The molecule has 0 radical (unpaired) electrons. The summed E-state index contributed by atoms with van der Waals surface area (Å²) in [5.74, 6) is 1.09. The molecule has 1 unspecified atom stereocenters. The minimum Gasteiger partial charge on any atom is -0.370 e. The van der Waals surface area contributed by atoms with Crippen LogP contribution in [0.25, 0.3) is 0 Å². The number of nitrogens with zero attached hydrogens (tertiary/aromatic N) is 2. The first-order valence-corrected chi connectivity index (χ1v) is 4.97. The Balaban J connectivity index is 2.62. The first-order chi connectivity index (χ1) is 7.13. The summed E-state index contributed by atoms with van der Waals surface area (Å²) in [6, 6.07) is 2.83. The third-order valence-electron chi connectivity index (χ3n) is 2.28. The van der Waals surface area contributed by atoms with E-state index in [1.54, 1.807) is 0 Å². The molecule has 0 aromatic carbocycles. The Morgan fingerprint density at radius 3 is 3.00 bits per heavy atom. The molecule has 0 aliphatic heterocycles. The SMILES string of the molecule is CCC(C)CNc1cc([N+](=O)[O-])ccn1. The Morgan fingerprint density at radius 1 is 1.67 bits per heavy atom. The van der Waals surface area contributed by atoms with Gasteiger partial charge in [0.15, 0.2) is 0 Å². The molecule has 1 aromatic heterocycles. The Morgan fingerprint density at radius 2 is 2.40 bits per heavy atom. The fraction of sp³-hybridized carbons (Fsp3) is 0.500. The lowest BCUT2D eigenvalue weighted by molar-refractivity contribution is -0.384. The van der Waals surface area contributed by atoms with E-state index in [-0.39, 0.29) is 5.69 Å². The highest BCUT2D eigenvalue weighted by molar-refractivity contribution is 5.44. The number of nitrogens with one attached hydrogen (secondary N) is 1. The van der Waals surface area contributed by atoms with Crippen molar-refractivity contribution < 1.29 is 4.92 Å². The van der Waals surface area contributed by atoms with Crippen molar-refractivity contribution in [1.82, 2.24) is 4.98 Å². The van der Waals surface area contributed by atoms with Crippen LogP contribution in [-0.4, -0.2) is 16.5 Å². The molecular weight excluding hydrogens is 194 g/mol. The normalized spacial score (nSPS) is 12.1. The van der Waals surface area contributed by atoms with E-state index in [1.807, 2.05) is 0 Å². The van der Waals surface area contributed by atoms with E-state index in [9.17, 15) is 10.1 Å². The van der Waals surface area contributed by atoms with Gasteiger partial charge in [0, 0.05) is 18.8 Å². The highest BCUT2D eigenvalue weighted by atomic mass is 16.6. The van der Waals surface area contributed by atoms with Crippen molar-refractivity contribution in [2.75, 3.05) is 11.9 Å². The van der Waals surface area contributed by atoms with E-state index in [1.165, 1.54) is 18.3 Å². The lowest BCUT2D eigenvalue weighted by atomic mass is 10.1. The van der Waals surface area contributed by atoms with Crippen LogP contribution < -0.4 is 5.32 Å². The van der Waals surface area contributed by atoms with Crippen molar-refractivity contribution >= 4 is 11.5 Å². The van der Waals surface area contributed by atoms with Crippen molar-refractivity contribution in [3.05, 3.63) is 28.4 Å². The van der Waals surface area contributed by atoms with E-state index in [4.69, 9.17) is 0 Å². The van der Waals surface area contributed by atoms with Gasteiger partial charge in [-0.15, -0.1) is 0 Å². The van der Waals surface area contributed by atoms with E-state index in [0.717, 1.165) is 13.0 Å². The summed E-state index contributed by atoms with van der Waals surface area (Å²) in [4.78, 5) is 14.1. The van der Waals surface area contributed by atoms with E-state index >= 15 is 0 Å². The number of nitro groups is 1. The van der Waals surface area contributed by atoms with Crippen molar-refractivity contribution in [2.45, 2.75) is 20.3 Å². The van der Waals surface area contributed by atoms with Gasteiger partial charge in [-0.25, -0.2) is 4.98 Å². The molecule has 1 rings (SSSR count). The van der Waals surface area contributed by atoms with Gasteiger partial charge >= 0.3 is 0 Å². The quantitative estimate of drug-likeness (QED) is 0.597. The number of rotatable bonds is 5. The molecule has 5 nitrogen and oxygen atoms in total. The maximum Gasteiger partial charge on any atom is 0.274 e. The summed E-state index contributed by atoms with van der Waals surface area (Å²) >= 11 is 0. The fourth-order valence-corrected chi connectivity index (χ4v) is 1.05. The Hall–Kier alpha value is -1.65. The van der Waals surface area contributed by atoms with Crippen LogP contribution in [0.2, 0.25) is 0 Å². The molecule has 1 atom stereocenters. The molecule has 0 spiro atoms. The predicted octanol–water partition coefficient (Wildman–Crippen LogP) is 2.45. The average Bonchev–Trinajstić information content (AvgIpc) is 2.26. The molecule has 1 N–H and O–H groups in total. The molecule has 5 heteroatoms. The lowest BCUT2D eigenvalue weighted by Crippen LogP contribution is -2.11. The van der Waals surface area contributed by atoms with Crippen LogP contribution in [0, 0.1) is 16.0 Å². The summed E-state index contributed by atoms with van der Waals surface area (Å²) in [5, 5.41) is 13.6. The van der Waals surface area contributed by atoms with E-state index < -0.39 is 4.92 Å². The summed E-state index contributed by atoms with van der Waals surface area (Å²) in [6.07, 6.45) is 2.51. The second-order valence-electron chi connectivity index (χ2n) is 3.55. The summed E-state index contributed by atoms with van der Waals surface area (Å²) in [5.41, 5.74) is 0.0663. The second kappa shape index (κ2) is 5.29. The summed E-state index contributed by atoms with van der Waals surface area (Å²) in [7, 11) is 0. The van der Waals surface area contributed by atoms with E-state index in [2.05, 4.69) is 24.1 Å². The largest absolute Gasteiger partial charge is 0.370 e.